The minimum atomic E-state index is -0.427. The molecule has 0 unspecified atom stereocenters. The SMILES string of the molecule is O=C(Nc1nn(-c2ccc(F)cc2)c2cccc(N3CCOC3=O)c12)C1CCC1. The van der Waals surface area contributed by atoms with Crippen LogP contribution in [0.1, 0.15) is 19.3 Å². The van der Waals surface area contributed by atoms with Gasteiger partial charge in [0.25, 0.3) is 0 Å². The molecule has 148 valence electrons. The Balaban J connectivity index is 1.67. The zero-order chi connectivity index (χ0) is 20.0. The predicted octanol–water partition coefficient (Wildman–Crippen LogP) is 3.86. The van der Waals surface area contributed by atoms with Crippen molar-refractivity contribution in [2.75, 3.05) is 23.4 Å². The number of anilines is 2. The first-order chi connectivity index (χ1) is 14.1. The van der Waals surface area contributed by atoms with Crippen molar-refractivity contribution in [2.45, 2.75) is 19.3 Å². The molecule has 1 aliphatic carbocycles. The Morgan fingerprint density at radius 2 is 1.97 bits per heavy atom. The highest BCUT2D eigenvalue weighted by molar-refractivity contribution is 6.10. The monoisotopic (exact) mass is 394 g/mol. The smallest absolute Gasteiger partial charge is 0.414 e. The lowest BCUT2D eigenvalue weighted by atomic mass is 9.85. The summed E-state index contributed by atoms with van der Waals surface area (Å²) in [5, 5.41) is 8.21. The fourth-order valence-electron chi connectivity index (χ4n) is 3.74. The molecule has 29 heavy (non-hydrogen) atoms. The number of aromatic nitrogens is 2. The van der Waals surface area contributed by atoms with Crippen LogP contribution in [0.25, 0.3) is 16.6 Å². The summed E-state index contributed by atoms with van der Waals surface area (Å²) in [5.74, 6) is -0.0357. The molecular weight excluding hydrogens is 375 g/mol. The second-order valence-corrected chi connectivity index (χ2v) is 7.29. The summed E-state index contributed by atoms with van der Waals surface area (Å²) in [4.78, 5) is 26.3. The quantitative estimate of drug-likeness (QED) is 0.729. The maximum absolute atomic E-state index is 13.4. The number of hydrogen-bond acceptors (Lipinski definition) is 4. The van der Waals surface area contributed by atoms with Crippen LogP contribution in [0, 0.1) is 11.7 Å². The summed E-state index contributed by atoms with van der Waals surface area (Å²) in [6.45, 7) is 0.737. The summed E-state index contributed by atoms with van der Waals surface area (Å²) in [5.41, 5.74) is 1.99. The number of rotatable bonds is 4. The molecule has 2 amide bonds. The van der Waals surface area contributed by atoms with Crippen molar-refractivity contribution in [2.24, 2.45) is 5.92 Å². The lowest BCUT2D eigenvalue weighted by Crippen LogP contribution is -2.28. The topological polar surface area (TPSA) is 76.5 Å². The van der Waals surface area contributed by atoms with Gasteiger partial charge in [0.05, 0.1) is 28.8 Å². The lowest BCUT2D eigenvalue weighted by Gasteiger charge is -2.23. The van der Waals surface area contributed by atoms with Crippen molar-refractivity contribution in [1.29, 1.82) is 0 Å². The summed E-state index contributed by atoms with van der Waals surface area (Å²) >= 11 is 0. The summed E-state index contributed by atoms with van der Waals surface area (Å²) in [6, 6.07) is 11.4. The fraction of sp³-hybridized carbons (Fsp3) is 0.286. The zero-order valence-corrected chi connectivity index (χ0v) is 15.6. The van der Waals surface area contributed by atoms with Gasteiger partial charge in [0, 0.05) is 5.92 Å². The number of benzene rings is 2. The number of cyclic esters (lactones) is 1. The number of carbonyl (C=O) groups excluding carboxylic acids is 2. The Bertz CT molecular complexity index is 1110. The minimum Gasteiger partial charge on any atom is -0.447 e. The molecule has 1 saturated heterocycles. The van der Waals surface area contributed by atoms with Crippen LogP contribution in [-0.4, -0.2) is 34.9 Å². The zero-order valence-electron chi connectivity index (χ0n) is 15.6. The van der Waals surface area contributed by atoms with E-state index < -0.39 is 6.09 Å². The van der Waals surface area contributed by atoms with E-state index in [1.807, 2.05) is 18.2 Å². The lowest BCUT2D eigenvalue weighted by molar-refractivity contribution is -0.122. The van der Waals surface area contributed by atoms with E-state index in [0.717, 1.165) is 19.3 Å². The maximum Gasteiger partial charge on any atom is 0.414 e. The maximum atomic E-state index is 13.4. The number of hydrogen-bond donors (Lipinski definition) is 1. The second kappa shape index (κ2) is 6.88. The number of fused-ring (bicyclic) bond motifs is 1. The van der Waals surface area contributed by atoms with E-state index in [4.69, 9.17) is 4.74 Å². The number of ether oxygens (including phenoxy) is 1. The number of halogens is 1. The first-order valence-corrected chi connectivity index (χ1v) is 9.64. The van der Waals surface area contributed by atoms with E-state index in [2.05, 4.69) is 10.4 Å². The van der Waals surface area contributed by atoms with E-state index in [1.54, 1.807) is 16.8 Å². The average molecular weight is 394 g/mol. The Morgan fingerprint density at radius 1 is 1.17 bits per heavy atom. The molecule has 0 radical (unpaired) electrons. The van der Waals surface area contributed by atoms with Gasteiger partial charge in [-0.1, -0.05) is 12.5 Å². The number of nitrogens with zero attached hydrogens (tertiary/aromatic N) is 3. The Labute approximate surface area is 166 Å². The van der Waals surface area contributed by atoms with Crippen molar-refractivity contribution < 1.29 is 18.7 Å². The number of nitrogens with one attached hydrogen (secondary N) is 1. The molecule has 8 heteroatoms. The van der Waals surface area contributed by atoms with Gasteiger partial charge in [-0.05, 0) is 49.2 Å². The van der Waals surface area contributed by atoms with E-state index in [0.29, 0.717) is 41.2 Å². The highest BCUT2D eigenvalue weighted by Gasteiger charge is 2.30. The molecule has 0 spiro atoms. The van der Waals surface area contributed by atoms with Gasteiger partial charge < -0.3 is 10.1 Å². The Morgan fingerprint density at radius 3 is 2.62 bits per heavy atom. The van der Waals surface area contributed by atoms with E-state index in [-0.39, 0.29) is 17.6 Å². The van der Waals surface area contributed by atoms with Crippen molar-refractivity contribution in [3.05, 3.63) is 48.3 Å². The molecule has 2 aliphatic rings. The van der Waals surface area contributed by atoms with Gasteiger partial charge in [0.2, 0.25) is 5.91 Å². The molecule has 1 aliphatic heterocycles. The molecule has 2 aromatic carbocycles. The number of carbonyl (C=O) groups is 2. The number of amides is 2. The largest absolute Gasteiger partial charge is 0.447 e. The van der Waals surface area contributed by atoms with Crippen LogP contribution in [0.5, 0.6) is 0 Å². The Hall–Kier alpha value is -3.42. The molecule has 5 rings (SSSR count). The Kier molecular flexibility index (Phi) is 4.19. The van der Waals surface area contributed by atoms with Crippen molar-refractivity contribution in [1.82, 2.24) is 9.78 Å². The molecule has 0 bridgehead atoms. The van der Waals surface area contributed by atoms with Crippen molar-refractivity contribution >= 4 is 34.4 Å². The average Bonchev–Trinajstić information content (AvgIpc) is 3.25. The standard InChI is InChI=1S/C21H19FN4O3/c22-14-7-9-15(10-8-14)26-17-6-2-5-16(25-11-12-29-21(25)28)18(17)19(24-26)23-20(27)13-3-1-4-13/h2,5-10,13H,1,3-4,11-12H2,(H,23,24,27). The van der Waals surface area contributed by atoms with Gasteiger partial charge >= 0.3 is 6.09 Å². The summed E-state index contributed by atoms with van der Waals surface area (Å²) < 4.78 is 20.1. The minimum absolute atomic E-state index is 0.00932. The van der Waals surface area contributed by atoms with Crippen LogP contribution >= 0.6 is 0 Å². The van der Waals surface area contributed by atoms with Gasteiger partial charge in [0.1, 0.15) is 12.4 Å². The molecule has 1 N–H and O–H groups in total. The second-order valence-electron chi connectivity index (χ2n) is 7.29. The van der Waals surface area contributed by atoms with Gasteiger partial charge in [0.15, 0.2) is 5.82 Å². The third kappa shape index (κ3) is 3.00. The van der Waals surface area contributed by atoms with E-state index in [9.17, 15) is 14.0 Å². The molecule has 1 aromatic heterocycles. The predicted molar refractivity (Wildman–Crippen MR) is 106 cm³/mol. The molecule has 2 heterocycles. The summed E-state index contributed by atoms with van der Waals surface area (Å²) in [7, 11) is 0. The van der Waals surface area contributed by atoms with Crippen molar-refractivity contribution in [3.63, 3.8) is 0 Å². The highest BCUT2D eigenvalue weighted by Crippen LogP contribution is 2.36. The van der Waals surface area contributed by atoms with Gasteiger partial charge in [-0.15, -0.1) is 5.10 Å². The molecular formula is C21H19FN4O3. The molecule has 0 atom stereocenters. The molecule has 1 saturated carbocycles. The first kappa shape index (κ1) is 17.7. The molecule has 7 nitrogen and oxygen atoms in total. The molecule has 3 aromatic rings. The van der Waals surface area contributed by atoms with Crippen LogP contribution in [0.4, 0.5) is 20.7 Å². The third-order valence-electron chi connectivity index (χ3n) is 5.53. The fourth-order valence-corrected chi connectivity index (χ4v) is 3.74. The first-order valence-electron chi connectivity index (χ1n) is 9.64. The van der Waals surface area contributed by atoms with Crippen LogP contribution in [0.3, 0.4) is 0 Å². The van der Waals surface area contributed by atoms with Gasteiger partial charge in [-0.25, -0.2) is 13.9 Å². The van der Waals surface area contributed by atoms with Crippen molar-refractivity contribution in [3.8, 4) is 5.69 Å². The van der Waals surface area contributed by atoms with Gasteiger partial charge in [-0.3, -0.25) is 9.69 Å². The van der Waals surface area contributed by atoms with Crippen LogP contribution in [0.15, 0.2) is 42.5 Å². The van der Waals surface area contributed by atoms with E-state index in [1.165, 1.54) is 17.0 Å². The van der Waals surface area contributed by atoms with Crippen LogP contribution in [-0.2, 0) is 9.53 Å². The van der Waals surface area contributed by atoms with Gasteiger partial charge in [-0.2, -0.15) is 0 Å². The highest BCUT2D eigenvalue weighted by atomic mass is 19.1. The molecule has 2 fully saturated rings. The van der Waals surface area contributed by atoms with Crippen LogP contribution in [0.2, 0.25) is 0 Å². The third-order valence-corrected chi connectivity index (χ3v) is 5.53. The normalized spacial score (nSPS) is 16.7. The van der Waals surface area contributed by atoms with E-state index >= 15 is 0 Å². The summed E-state index contributed by atoms with van der Waals surface area (Å²) in [6.07, 6.45) is 2.36. The van der Waals surface area contributed by atoms with Crippen LogP contribution < -0.4 is 10.2 Å².